The molecule has 149 valence electrons. The smallest absolute Gasteiger partial charge is 0.286 e. The Balaban J connectivity index is 1.60. The first-order chi connectivity index (χ1) is 14.5. The largest absolute Gasteiger partial charge is 0.486 e. The third kappa shape index (κ3) is 4.28. The highest BCUT2D eigenvalue weighted by molar-refractivity contribution is 6.32. The van der Waals surface area contributed by atoms with Crippen molar-refractivity contribution in [3.05, 3.63) is 83.2 Å². The van der Waals surface area contributed by atoms with Gasteiger partial charge in [-0.2, -0.15) is 0 Å². The van der Waals surface area contributed by atoms with Gasteiger partial charge < -0.3 is 15.8 Å². The van der Waals surface area contributed by atoms with Crippen molar-refractivity contribution in [1.29, 1.82) is 0 Å². The third-order valence-electron chi connectivity index (χ3n) is 4.11. The van der Waals surface area contributed by atoms with E-state index in [-0.39, 0.29) is 23.8 Å². The van der Waals surface area contributed by atoms with Crippen LogP contribution in [0.2, 0.25) is 5.02 Å². The summed E-state index contributed by atoms with van der Waals surface area (Å²) in [5, 5.41) is 3.88. The van der Waals surface area contributed by atoms with Gasteiger partial charge in [0.2, 0.25) is 5.82 Å². The van der Waals surface area contributed by atoms with Gasteiger partial charge in [0.05, 0.1) is 16.2 Å². The van der Waals surface area contributed by atoms with E-state index in [4.69, 9.17) is 22.1 Å². The predicted molar refractivity (Wildman–Crippen MR) is 110 cm³/mol. The number of primary amides is 1. The van der Waals surface area contributed by atoms with Crippen LogP contribution in [0.4, 0.5) is 15.9 Å². The van der Waals surface area contributed by atoms with Crippen LogP contribution in [0.3, 0.4) is 0 Å². The fraction of sp³-hybridized carbons (Fsp3) is 0.0476. The van der Waals surface area contributed by atoms with Crippen LogP contribution in [0.5, 0.6) is 5.75 Å². The molecule has 0 saturated carbocycles. The van der Waals surface area contributed by atoms with Gasteiger partial charge in [-0.1, -0.05) is 17.7 Å². The summed E-state index contributed by atoms with van der Waals surface area (Å²) in [6.07, 6.45) is 1.68. The number of pyridine rings is 1. The highest BCUT2D eigenvalue weighted by Crippen LogP contribution is 2.31. The first-order valence-corrected chi connectivity index (χ1v) is 9.15. The van der Waals surface area contributed by atoms with Crippen LogP contribution in [-0.4, -0.2) is 20.9 Å². The van der Waals surface area contributed by atoms with Crippen LogP contribution in [-0.2, 0) is 6.61 Å². The molecule has 0 aliphatic heterocycles. The first kappa shape index (κ1) is 19.5. The quantitative estimate of drug-likeness (QED) is 0.486. The van der Waals surface area contributed by atoms with E-state index < -0.39 is 11.7 Å². The molecule has 1 radical (unpaired) electrons. The molecule has 0 bridgehead atoms. The molecule has 9 heteroatoms. The Bertz CT molecular complexity index is 1240. The van der Waals surface area contributed by atoms with Gasteiger partial charge >= 0.3 is 0 Å². The number of anilines is 2. The number of carbonyl (C=O) groups is 1. The molecular formula is C21H14ClFN5O2. The fourth-order valence-corrected chi connectivity index (χ4v) is 2.95. The number of hydrogen-bond acceptors (Lipinski definition) is 6. The van der Waals surface area contributed by atoms with Crippen molar-refractivity contribution < 1.29 is 13.9 Å². The Morgan fingerprint density at radius 2 is 2.10 bits per heavy atom. The lowest BCUT2D eigenvalue weighted by atomic mass is 10.2. The summed E-state index contributed by atoms with van der Waals surface area (Å²) < 4.78 is 19.2. The highest BCUT2D eigenvalue weighted by Gasteiger charge is 2.13. The highest BCUT2D eigenvalue weighted by atomic mass is 35.5. The molecular weight excluding hydrogens is 409 g/mol. The second kappa shape index (κ2) is 8.30. The number of nitrogens with two attached hydrogens (primary N) is 1. The van der Waals surface area contributed by atoms with E-state index in [9.17, 15) is 9.18 Å². The number of benzene rings is 2. The molecule has 7 nitrogen and oxygen atoms in total. The van der Waals surface area contributed by atoms with Gasteiger partial charge in [-0.05, 0) is 36.4 Å². The second-order valence-corrected chi connectivity index (χ2v) is 6.63. The molecule has 0 spiro atoms. The number of halogens is 2. The van der Waals surface area contributed by atoms with E-state index in [0.717, 1.165) is 11.8 Å². The van der Waals surface area contributed by atoms with E-state index in [1.165, 1.54) is 6.07 Å². The lowest BCUT2D eigenvalue weighted by molar-refractivity contribution is 0.0991. The molecule has 4 rings (SSSR count). The van der Waals surface area contributed by atoms with E-state index in [2.05, 4.69) is 26.3 Å². The van der Waals surface area contributed by atoms with E-state index >= 15 is 0 Å². The molecule has 3 N–H and O–H groups in total. The summed E-state index contributed by atoms with van der Waals surface area (Å²) in [6, 6.07) is 15.6. The van der Waals surface area contributed by atoms with Gasteiger partial charge in [0.1, 0.15) is 24.0 Å². The van der Waals surface area contributed by atoms with Crippen LogP contribution in [0.1, 0.15) is 16.3 Å². The van der Waals surface area contributed by atoms with E-state index in [0.29, 0.717) is 21.8 Å². The summed E-state index contributed by atoms with van der Waals surface area (Å²) in [6.45, 7) is 0.271. The van der Waals surface area contributed by atoms with Gasteiger partial charge in [0.15, 0.2) is 0 Å². The van der Waals surface area contributed by atoms with Crippen LogP contribution in [0.25, 0.3) is 10.9 Å². The number of fused-ring (bicyclic) bond motifs is 1. The average Bonchev–Trinajstić information content (AvgIpc) is 2.73. The van der Waals surface area contributed by atoms with Crippen molar-refractivity contribution in [3.63, 3.8) is 0 Å². The summed E-state index contributed by atoms with van der Waals surface area (Å²) in [5.41, 5.74) is 6.86. The summed E-state index contributed by atoms with van der Waals surface area (Å²) in [5.74, 6) is -0.932. The monoisotopic (exact) mass is 422 g/mol. The van der Waals surface area contributed by atoms with Gasteiger partial charge in [0, 0.05) is 29.4 Å². The van der Waals surface area contributed by atoms with Crippen molar-refractivity contribution >= 4 is 39.9 Å². The van der Waals surface area contributed by atoms with Crippen molar-refractivity contribution in [2.75, 3.05) is 5.32 Å². The molecule has 2 heterocycles. The van der Waals surface area contributed by atoms with Crippen LogP contribution in [0.15, 0.2) is 54.7 Å². The number of aromatic nitrogens is 3. The second-order valence-electron chi connectivity index (χ2n) is 6.22. The Morgan fingerprint density at radius 3 is 2.83 bits per heavy atom. The summed E-state index contributed by atoms with van der Waals surface area (Å²) >= 11 is 6.33. The normalized spacial score (nSPS) is 10.7. The van der Waals surface area contributed by atoms with Crippen LogP contribution < -0.4 is 15.8 Å². The van der Waals surface area contributed by atoms with Crippen molar-refractivity contribution in [2.45, 2.75) is 6.61 Å². The number of hydrogen-bond donors (Lipinski definition) is 2. The number of amides is 1. The van der Waals surface area contributed by atoms with Crippen molar-refractivity contribution in [3.8, 4) is 5.75 Å². The standard InChI is InChI=1S/C21H14ClFN5O2/c22-16-10-13(5-7-18(16)30-11-14-3-1-2-8-25-14)26-20-15-6-4-12(23)9-17(15)27-21(28-20)19(24)29/h1-3,5-10H,11H2,(H2,24,29)(H,26,27,28). The molecule has 0 aliphatic carbocycles. The molecule has 0 unspecified atom stereocenters. The Hall–Kier alpha value is -3.78. The van der Waals surface area contributed by atoms with Crippen LogP contribution >= 0.6 is 11.6 Å². The maximum atomic E-state index is 13.5. The van der Waals surface area contributed by atoms with Gasteiger partial charge in [0.25, 0.3) is 5.91 Å². The molecule has 2 aromatic heterocycles. The van der Waals surface area contributed by atoms with Crippen LogP contribution in [0, 0.1) is 11.9 Å². The van der Waals surface area contributed by atoms with Crippen molar-refractivity contribution in [1.82, 2.24) is 15.0 Å². The molecule has 0 aliphatic rings. The number of nitrogens with one attached hydrogen (secondary N) is 1. The molecule has 1 amide bonds. The van der Waals surface area contributed by atoms with Gasteiger partial charge in [-0.25, -0.2) is 14.4 Å². The maximum Gasteiger partial charge on any atom is 0.286 e. The predicted octanol–water partition coefficient (Wildman–Crippen LogP) is 4.04. The zero-order valence-electron chi connectivity index (χ0n) is 15.4. The SMILES string of the molecule is NC(=O)c1nc(Nc2ccc(OCc3ccccn3)c(Cl)c2)c2c[c]c(F)cc2n1. The summed E-state index contributed by atoms with van der Waals surface area (Å²) in [7, 11) is 0. The average molecular weight is 423 g/mol. The van der Waals surface area contributed by atoms with Gasteiger partial charge in [-0.3, -0.25) is 9.78 Å². The van der Waals surface area contributed by atoms with E-state index in [1.54, 1.807) is 24.4 Å². The molecule has 0 saturated heterocycles. The van der Waals surface area contributed by atoms with Crippen molar-refractivity contribution in [2.24, 2.45) is 5.73 Å². The minimum absolute atomic E-state index is 0.221. The Morgan fingerprint density at radius 1 is 1.23 bits per heavy atom. The number of nitrogens with zero attached hydrogens (tertiary/aromatic N) is 3. The molecule has 4 aromatic rings. The zero-order valence-corrected chi connectivity index (χ0v) is 16.2. The number of carbonyl (C=O) groups excluding carboxylic acids is 1. The topological polar surface area (TPSA) is 103 Å². The minimum atomic E-state index is -0.829. The Labute approximate surface area is 175 Å². The van der Waals surface area contributed by atoms with Gasteiger partial charge in [-0.15, -0.1) is 0 Å². The minimum Gasteiger partial charge on any atom is -0.486 e. The lowest BCUT2D eigenvalue weighted by Gasteiger charge is -2.12. The summed E-state index contributed by atoms with van der Waals surface area (Å²) in [4.78, 5) is 23.9. The lowest BCUT2D eigenvalue weighted by Crippen LogP contribution is -2.16. The zero-order chi connectivity index (χ0) is 21.1. The third-order valence-corrected chi connectivity index (χ3v) is 4.41. The number of rotatable bonds is 6. The molecule has 30 heavy (non-hydrogen) atoms. The maximum absolute atomic E-state index is 13.5. The molecule has 0 fully saturated rings. The number of ether oxygens (including phenoxy) is 1. The fourth-order valence-electron chi connectivity index (χ4n) is 2.71. The molecule has 0 atom stereocenters. The first-order valence-electron chi connectivity index (χ1n) is 8.77. The van der Waals surface area contributed by atoms with E-state index in [1.807, 2.05) is 18.2 Å². The molecule has 2 aromatic carbocycles. The Kier molecular flexibility index (Phi) is 5.40.